The van der Waals surface area contributed by atoms with Gasteiger partial charge in [0.1, 0.15) is 17.1 Å². The van der Waals surface area contributed by atoms with E-state index < -0.39 is 27.7 Å². The monoisotopic (exact) mass is 766 g/mol. The van der Waals surface area contributed by atoms with E-state index in [0.717, 1.165) is 15.4 Å². The molecule has 0 unspecified atom stereocenters. The van der Waals surface area contributed by atoms with Crippen molar-refractivity contribution in [1.29, 1.82) is 0 Å². The van der Waals surface area contributed by atoms with Gasteiger partial charge in [-0.15, -0.1) is 0 Å². The smallest absolute Gasteiger partial charge is 0.410 e. The summed E-state index contributed by atoms with van der Waals surface area (Å²) in [5.41, 5.74) is 1.92. The van der Waals surface area contributed by atoms with Gasteiger partial charge in [0.2, 0.25) is 0 Å². The fourth-order valence-electron chi connectivity index (χ4n) is 5.68. The fourth-order valence-corrected chi connectivity index (χ4v) is 7.18. The summed E-state index contributed by atoms with van der Waals surface area (Å²) in [5.74, 6) is 0.302. The van der Waals surface area contributed by atoms with E-state index in [9.17, 15) is 22.8 Å². The van der Waals surface area contributed by atoms with Crippen LogP contribution in [0.1, 0.15) is 36.8 Å². The van der Waals surface area contributed by atoms with Gasteiger partial charge in [-0.3, -0.25) is 9.78 Å². The Morgan fingerprint density at radius 2 is 1.57 bits per heavy atom. The van der Waals surface area contributed by atoms with Gasteiger partial charge in [0, 0.05) is 60.1 Å². The van der Waals surface area contributed by atoms with E-state index in [1.165, 1.54) is 56.7 Å². The fraction of sp³-hybridized carbons (Fsp3) is 0.351. The van der Waals surface area contributed by atoms with Crippen LogP contribution >= 0.6 is 11.6 Å². The average molecular weight is 767 g/mol. The van der Waals surface area contributed by atoms with E-state index in [4.69, 9.17) is 25.8 Å². The lowest BCUT2D eigenvalue weighted by molar-refractivity contribution is 0.0141. The third-order valence-corrected chi connectivity index (χ3v) is 10.3. The number of methoxy groups -OCH3 is 2. The van der Waals surface area contributed by atoms with Crippen LogP contribution in [0.5, 0.6) is 11.5 Å². The molecule has 0 aliphatic carbocycles. The van der Waals surface area contributed by atoms with Crippen LogP contribution in [0.2, 0.25) is 5.02 Å². The lowest BCUT2D eigenvalue weighted by Gasteiger charge is -2.35. The molecule has 1 aromatic heterocycles. The summed E-state index contributed by atoms with van der Waals surface area (Å²) >= 11 is 6.25. The maximum atomic E-state index is 14.0. The third kappa shape index (κ3) is 9.40. The maximum Gasteiger partial charge on any atom is 0.410 e. The molecule has 0 spiro atoms. The number of carbonyl (C=O) groups is 3. The number of amides is 4. The van der Waals surface area contributed by atoms with Crippen molar-refractivity contribution >= 4 is 61.9 Å². The molecule has 2 N–H and O–H groups in total. The third-order valence-electron chi connectivity index (χ3n) is 8.31. The van der Waals surface area contributed by atoms with Gasteiger partial charge in [-0.25, -0.2) is 22.3 Å². The lowest BCUT2D eigenvalue weighted by atomic mass is 10.1. The number of aryl methyl sites for hydroxylation is 1. The van der Waals surface area contributed by atoms with Crippen molar-refractivity contribution in [3.63, 3.8) is 0 Å². The molecule has 0 bridgehead atoms. The van der Waals surface area contributed by atoms with Crippen LogP contribution in [0.4, 0.5) is 21.0 Å². The predicted octanol–water partition coefficient (Wildman–Crippen LogP) is 6.24. The zero-order valence-corrected chi connectivity index (χ0v) is 32.0. The molecule has 5 rings (SSSR count). The summed E-state index contributed by atoms with van der Waals surface area (Å²) in [5, 5.41) is 7.14. The summed E-state index contributed by atoms with van der Waals surface area (Å²) < 4.78 is 44.8. The second-order valence-corrected chi connectivity index (χ2v) is 15.6. The molecule has 16 heteroatoms. The van der Waals surface area contributed by atoms with Crippen molar-refractivity contribution in [3.05, 3.63) is 83.0 Å². The zero-order valence-electron chi connectivity index (χ0n) is 30.4. The normalized spacial score (nSPS) is 13.3. The molecule has 1 aliphatic rings. The van der Waals surface area contributed by atoms with Crippen LogP contribution in [0.25, 0.3) is 10.9 Å². The lowest BCUT2D eigenvalue weighted by Crippen LogP contribution is -2.51. The first-order valence-corrected chi connectivity index (χ1v) is 18.6. The molecule has 1 fully saturated rings. The van der Waals surface area contributed by atoms with Gasteiger partial charge >= 0.3 is 12.1 Å². The van der Waals surface area contributed by atoms with E-state index in [0.29, 0.717) is 48.2 Å². The number of nitrogens with one attached hydrogen (secondary N) is 2. The minimum atomic E-state index is -4.38. The van der Waals surface area contributed by atoms with Crippen molar-refractivity contribution < 1.29 is 37.0 Å². The van der Waals surface area contributed by atoms with E-state index in [2.05, 4.69) is 15.6 Å². The Hall–Kier alpha value is -5.28. The summed E-state index contributed by atoms with van der Waals surface area (Å²) in [6.45, 7) is 8.21. The number of rotatable bonds is 10. The van der Waals surface area contributed by atoms with Crippen molar-refractivity contribution in [1.82, 2.24) is 19.1 Å². The Morgan fingerprint density at radius 3 is 2.21 bits per heavy atom. The van der Waals surface area contributed by atoms with Gasteiger partial charge in [0.15, 0.2) is 0 Å². The highest BCUT2D eigenvalue weighted by atomic mass is 35.5. The molecule has 53 heavy (non-hydrogen) atoms. The highest BCUT2D eigenvalue weighted by Gasteiger charge is 2.31. The number of hydrogen-bond donors (Lipinski definition) is 2. The molecule has 3 aromatic carbocycles. The number of ether oxygens (including phenoxy) is 3. The van der Waals surface area contributed by atoms with E-state index in [-0.39, 0.29) is 40.9 Å². The number of piperazine rings is 1. The average Bonchev–Trinajstić information content (AvgIpc) is 3.12. The largest absolute Gasteiger partial charge is 0.497 e. The van der Waals surface area contributed by atoms with E-state index >= 15 is 0 Å². The summed E-state index contributed by atoms with van der Waals surface area (Å²) in [4.78, 5) is 47.4. The molecule has 0 radical (unpaired) electrons. The number of aromatic nitrogens is 1. The highest BCUT2D eigenvalue weighted by molar-refractivity contribution is 7.89. The molecule has 4 aromatic rings. The number of fused-ring (bicyclic) bond motifs is 1. The Labute approximate surface area is 314 Å². The van der Waals surface area contributed by atoms with Crippen LogP contribution in [0.15, 0.2) is 71.6 Å². The number of nitrogens with zero attached hydrogens (tertiary/aromatic N) is 4. The van der Waals surface area contributed by atoms with Gasteiger partial charge in [-0.05, 0) is 94.4 Å². The van der Waals surface area contributed by atoms with Crippen LogP contribution in [-0.4, -0.2) is 105 Å². The molecular weight excluding hydrogens is 724 g/mol. The van der Waals surface area contributed by atoms with Gasteiger partial charge in [0.25, 0.3) is 15.9 Å². The molecule has 14 nitrogen and oxygen atoms in total. The first-order chi connectivity index (χ1) is 25.1. The van der Waals surface area contributed by atoms with Crippen LogP contribution in [0.3, 0.4) is 0 Å². The summed E-state index contributed by atoms with van der Waals surface area (Å²) in [7, 11) is -1.54. The first-order valence-electron chi connectivity index (χ1n) is 16.8. The number of carbonyl (C=O) groups excluding carboxylic acids is 3. The molecule has 0 atom stereocenters. The first kappa shape index (κ1) is 38.9. The number of sulfonamides is 1. The molecule has 1 saturated heterocycles. The Bertz CT molecular complexity index is 2100. The zero-order chi connectivity index (χ0) is 38.5. The van der Waals surface area contributed by atoms with Crippen LogP contribution in [0, 0.1) is 6.92 Å². The number of halogens is 1. The Kier molecular flexibility index (Phi) is 11.9. The van der Waals surface area contributed by atoms with E-state index in [1.807, 2.05) is 13.0 Å². The quantitative estimate of drug-likeness (QED) is 0.189. The number of urea groups is 1. The Balaban J connectivity index is 1.34. The van der Waals surface area contributed by atoms with Crippen molar-refractivity contribution in [2.24, 2.45) is 0 Å². The van der Waals surface area contributed by atoms with Crippen LogP contribution < -0.4 is 20.1 Å². The predicted molar refractivity (Wildman–Crippen MR) is 203 cm³/mol. The number of anilines is 2. The second-order valence-electron chi connectivity index (χ2n) is 13.3. The van der Waals surface area contributed by atoms with Crippen molar-refractivity contribution in [2.75, 3.05) is 64.1 Å². The molecular formula is C37H43ClN6O8S. The second kappa shape index (κ2) is 16.2. The summed E-state index contributed by atoms with van der Waals surface area (Å²) in [6, 6.07) is 16.3. The molecule has 2 heterocycles. The SMILES string of the molecule is COc1ccc(S(=O)(=O)N(CCNc2cc(C)nc3ccc(Cl)cc23)C(=O)Nc2ccc(C(=O)N3CCN(C(=O)OC(C)(C)C)CC3)cc2OC)cc1. The van der Waals surface area contributed by atoms with E-state index in [1.54, 1.807) is 48.8 Å². The van der Waals surface area contributed by atoms with Gasteiger partial charge < -0.3 is 34.6 Å². The number of hydrogen-bond acceptors (Lipinski definition) is 10. The molecule has 4 amide bonds. The van der Waals surface area contributed by atoms with Gasteiger partial charge in [-0.2, -0.15) is 0 Å². The van der Waals surface area contributed by atoms with Crippen LogP contribution in [-0.2, 0) is 14.8 Å². The number of benzene rings is 3. The minimum Gasteiger partial charge on any atom is -0.497 e. The topological polar surface area (TPSA) is 160 Å². The van der Waals surface area contributed by atoms with Gasteiger partial charge in [0.05, 0.1) is 36.9 Å². The Morgan fingerprint density at radius 1 is 0.887 bits per heavy atom. The van der Waals surface area contributed by atoms with Crippen molar-refractivity contribution in [3.8, 4) is 11.5 Å². The maximum absolute atomic E-state index is 14.0. The standard InChI is InChI=1S/C37H43ClN6O8S/c1-24-21-32(29-23-26(38)8-14-30(29)40-24)39-15-16-44(53(48,49)28-11-9-27(50-5)10-12-28)35(46)41-31-13-7-25(22-33(31)51-6)34(45)42-17-19-43(20-18-42)36(47)52-37(2,3)4/h7-14,21-23H,15-20H2,1-6H3,(H,39,40)(H,41,46). The van der Waals surface area contributed by atoms with Crippen molar-refractivity contribution in [2.45, 2.75) is 38.2 Å². The molecule has 1 aliphatic heterocycles. The highest BCUT2D eigenvalue weighted by Crippen LogP contribution is 2.29. The summed E-state index contributed by atoms with van der Waals surface area (Å²) in [6.07, 6.45) is -0.434. The molecule has 282 valence electrons. The van der Waals surface area contributed by atoms with Gasteiger partial charge in [-0.1, -0.05) is 11.6 Å². The minimum absolute atomic E-state index is 0.0413. The number of pyridine rings is 1. The molecule has 0 saturated carbocycles.